The van der Waals surface area contributed by atoms with Crippen molar-refractivity contribution >= 4 is 5.91 Å². The SMILES string of the molecule is COc1cc2c(cc1OC)[C@@H]([C@@H](C)NC(=O)c1ccccc1)N(Cc1ccccc1F)CC2. The molecular weight excluding hydrogens is 419 g/mol. The average Bonchev–Trinajstić information content (AvgIpc) is 2.84. The molecule has 0 radical (unpaired) electrons. The number of hydrogen-bond donors (Lipinski definition) is 1. The van der Waals surface area contributed by atoms with Gasteiger partial charge in [-0.15, -0.1) is 0 Å². The second-order valence-corrected chi connectivity index (χ2v) is 8.29. The van der Waals surface area contributed by atoms with Gasteiger partial charge in [0.15, 0.2) is 11.5 Å². The molecule has 2 atom stereocenters. The zero-order valence-electron chi connectivity index (χ0n) is 19.2. The number of nitrogens with zero attached hydrogens (tertiary/aromatic N) is 1. The Morgan fingerprint density at radius 2 is 1.73 bits per heavy atom. The molecule has 1 N–H and O–H groups in total. The number of rotatable bonds is 7. The molecule has 1 amide bonds. The number of methoxy groups -OCH3 is 2. The third-order valence-corrected chi connectivity index (χ3v) is 6.23. The summed E-state index contributed by atoms with van der Waals surface area (Å²) in [7, 11) is 3.23. The molecule has 1 heterocycles. The monoisotopic (exact) mass is 448 g/mol. The summed E-state index contributed by atoms with van der Waals surface area (Å²) in [6.07, 6.45) is 0.792. The van der Waals surface area contributed by atoms with Gasteiger partial charge in [0.2, 0.25) is 0 Å². The number of carbonyl (C=O) groups excluding carboxylic acids is 1. The molecule has 0 unspecified atom stereocenters. The van der Waals surface area contributed by atoms with E-state index in [2.05, 4.69) is 10.2 Å². The molecule has 0 bridgehead atoms. The molecule has 33 heavy (non-hydrogen) atoms. The quantitative estimate of drug-likeness (QED) is 0.566. The van der Waals surface area contributed by atoms with Crippen LogP contribution >= 0.6 is 0 Å². The van der Waals surface area contributed by atoms with E-state index in [1.807, 2.05) is 49.4 Å². The van der Waals surface area contributed by atoms with Gasteiger partial charge in [0.05, 0.1) is 20.3 Å². The van der Waals surface area contributed by atoms with Gasteiger partial charge in [0.1, 0.15) is 5.82 Å². The number of benzene rings is 3. The summed E-state index contributed by atoms with van der Waals surface area (Å²) in [6.45, 7) is 3.16. The van der Waals surface area contributed by atoms with E-state index in [-0.39, 0.29) is 23.8 Å². The average molecular weight is 449 g/mol. The van der Waals surface area contributed by atoms with Crippen LogP contribution in [0.4, 0.5) is 4.39 Å². The minimum Gasteiger partial charge on any atom is -0.493 e. The molecule has 4 rings (SSSR count). The minimum absolute atomic E-state index is 0.137. The van der Waals surface area contributed by atoms with Gasteiger partial charge < -0.3 is 14.8 Å². The summed E-state index contributed by atoms with van der Waals surface area (Å²) in [5.74, 6) is 0.950. The topological polar surface area (TPSA) is 50.8 Å². The molecule has 0 aliphatic carbocycles. The van der Waals surface area contributed by atoms with Crippen molar-refractivity contribution in [2.45, 2.75) is 32.0 Å². The molecule has 0 saturated carbocycles. The van der Waals surface area contributed by atoms with Gasteiger partial charge in [0, 0.05) is 30.3 Å². The number of fused-ring (bicyclic) bond motifs is 1. The summed E-state index contributed by atoms with van der Waals surface area (Å²) in [5, 5.41) is 3.16. The third-order valence-electron chi connectivity index (χ3n) is 6.23. The minimum atomic E-state index is -0.235. The molecule has 3 aromatic carbocycles. The molecule has 172 valence electrons. The number of amides is 1. The molecule has 5 nitrogen and oxygen atoms in total. The van der Waals surface area contributed by atoms with Gasteiger partial charge in [-0.05, 0) is 54.8 Å². The molecule has 1 aliphatic heterocycles. The first-order valence-electron chi connectivity index (χ1n) is 11.1. The van der Waals surface area contributed by atoms with Crippen LogP contribution in [0.2, 0.25) is 0 Å². The highest BCUT2D eigenvalue weighted by molar-refractivity contribution is 5.94. The van der Waals surface area contributed by atoms with Crippen LogP contribution in [-0.4, -0.2) is 37.6 Å². The van der Waals surface area contributed by atoms with Crippen LogP contribution in [0.3, 0.4) is 0 Å². The molecule has 0 aromatic heterocycles. The van der Waals surface area contributed by atoms with Crippen LogP contribution in [-0.2, 0) is 13.0 Å². The number of ether oxygens (including phenoxy) is 2. The summed E-state index contributed by atoms with van der Waals surface area (Å²) < 4.78 is 25.5. The number of hydrogen-bond acceptors (Lipinski definition) is 4. The van der Waals surface area contributed by atoms with Crippen molar-refractivity contribution < 1.29 is 18.7 Å². The van der Waals surface area contributed by atoms with E-state index in [1.54, 1.807) is 32.4 Å². The normalized spacial score (nSPS) is 16.5. The lowest BCUT2D eigenvalue weighted by molar-refractivity contribution is 0.0875. The fraction of sp³-hybridized carbons (Fsp3) is 0.296. The zero-order valence-corrected chi connectivity index (χ0v) is 19.2. The number of nitrogens with one attached hydrogen (secondary N) is 1. The molecule has 0 spiro atoms. The Hall–Kier alpha value is -3.38. The van der Waals surface area contributed by atoms with Crippen molar-refractivity contribution in [3.8, 4) is 11.5 Å². The van der Waals surface area contributed by atoms with E-state index in [4.69, 9.17) is 9.47 Å². The summed E-state index contributed by atoms with van der Waals surface area (Å²) in [4.78, 5) is 15.1. The van der Waals surface area contributed by atoms with Crippen molar-refractivity contribution in [1.29, 1.82) is 0 Å². The standard InChI is InChI=1S/C27H29FN2O3/c1-18(29-27(31)19-9-5-4-6-10-19)26-22-16-25(33-3)24(32-2)15-20(22)13-14-30(26)17-21-11-7-8-12-23(21)28/h4-12,15-16,18,26H,13-14,17H2,1-3H3,(H,29,31)/t18-,26-/m1/s1. The van der Waals surface area contributed by atoms with Crippen molar-refractivity contribution in [3.05, 3.63) is 94.8 Å². The van der Waals surface area contributed by atoms with Gasteiger partial charge in [-0.2, -0.15) is 0 Å². The van der Waals surface area contributed by atoms with Gasteiger partial charge in [-0.1, -0.05) is 36.4 Å². The third kappa shape index (κ3) is 4.86. The maximum absolute atomic E-state index is 14.5. The van der Waals surface area contributed by atoms with E-state index in [9.17, 15) is 9.18 Å². The lowest BCUT2D eigenvalue weighted by Gasteiger charge is -2.41. The predicted molar refractivity (Wildman–Crippen MR) is 126 cm³/mol. The fourth-order valence-corrected chi connectivity index (χ4v) is 4.60. The van der Waals surface area contributed by atoms with Crippen LogP contribution < -0.4 is 14.8 Å². The Morgan fingerprint density at radius 3 is 2.42 bits per heavy atom. The van der Waals surface area contributed by atoms with Crippen LogP contribution in [0.5, 0.6) is 11.5 Å². The second-order valence-electron chi connectivity index (χ2n) is 8.29. The van der Waals surface area contributed by atoms with Crippen molar-refractivity contribution in [2.75, 3.05) is 20.8 Å². The second kappa shape index (κ2) is 10.0. The van der Waals surface area contributed by atoms with Crippen LogP contribution in [0.1, 0.15) is 40.0 Å². The van der Waals surface area contributed by atoms with E-state index < -0.39 is 0 Å². The first-order valence-corrected chi connectivity index (χ1v) is 11.1. The first kappa shape index (κ1) is 22.8. The van der Waals surface area contributed by atoms with Gasteiger partial charge in [-0.25, -0.2) is 4.39 Å². The maximum atomic E-state index is 14.5. The Morgan fingerprint density at radius 1 is 1.06 bits per heavy atom. The van der Waals surface area contributed by atoms with E-state index in [0.717, 1.165) is 24.1 Å². The highest BCUT2D eigenvalue weighted by Crippen LogP contribution is 2.40. The molecule has 3 aromatic rings. The van der Waals surface area contributed by atoms with Crippen LogP contribution in [0.25, 0.3) is 0 Å². The lowest BCUT2D eigenvalue weighted by atomic mass is 9.87. The first-order chi connectivity index (χ1) is 16.0. The molecule has 1 aliphatic rings. The zero-order chi connectivity index (χ0) is 23.4. The predicted octanol–water partition coefficient (Wildman–Crippen LogP) is 4.76. The van der Waals surface area contributed by atoms with Crippen molar-refractivity contribution in [3.63, 3.8) is 0 Å². The maximum Gasteiger partial charge on any atom is 0.251 e. The largest absolute Gasteiger partial charge is 0.493 e. The Balaban J connectivity index is 1.70. The van der Waals surface area contributed by atoms with Gasteiger partial charge in [-0.3, -0.25) is 9.69 Å². The molecule has 6 heteroatoms. The van der Waals surface area contributed by atoms with Crippen molar-refractivity contribution in [2.24, 2.45) is 0 Å². The smallest absolute Gasteiger partial charge is 0.251 e. The van der Waals surface area contributed by atoms with Crippen LogP contribution in [0, 0.1) is 5.82 Å². The lowest BCUT2D eigenvalue weighted by Crippen LogP contribution is -2.47. The summed E-state index contributed by atoms with van der Waals surface area (Å²) in [6, 6.07) is 19.6. The Labute approximate surface area is 194 Å². The molecule has 0 fully saturated rings. The fourth-order valence-electron chi connectivity index (χ4n) is 4.60. The van der Waals surface area contributed by atoms with Gasteiger partial charge >= 0.3 is 0 Å². The summed E-state index contributed by atoms with van der Waals surface area (Å²) in [5.41, 5.74) is 3.43. The molecule has 0 saturated heterocycles. The van der Waals surface area contributed by atoms with Gasteiger partial charge in [0.25, 0.3) is 5.91 Å². The Bertz CT molecular complexity index is 1120. The van der Waals surface area contributed by atoms with Crippen molar-refractivity contribution in [1.82, 2.24) is 10.2 Å². The summed E-state index contributed by atoms with van der Waals surface area (Å²) >= 11 is 0. The van der Waals surface area contributed by atoms with E-state index >= 15 is 0 Å². The highest BCUT2D eigenvalue weighted by atomic mass is 19.1. The van der Waals surface area contributed by atoms with Crippen LogP contribution in [0.15, 0.2) is 66.7 Å². The van der Waals surface area contributed by atoms with E-state index in [0.29, 0.717) is 29.2 Å². The molecular formula is C27H29FN2O3. The Kier molecular flexibility index (Phi) is 6.94. The number of halogens is 1. The number of carbonyl (C=O) groups is 1. The highest BCUT2D eigenvalue weighted by Gasteiger charge is 2.34. The van der Waals surface area contributed by atoms with E-state index in [1.165, 1.54) is 6.07 Å².